The van der Waals surface area contributed by atoms with Gasteiger partial charge < -0.3 is 15.5 Å². The van der Waals surface area contributed by atoms with Gasteiger partial charge in [-0.1, -0.05) is 0 Å². The second-order valence-corrected chi connectivity index (χ2v) is 2.61. The quantitative estimate of drug-likeness (QED) is 0.410. The molecule has 1 heterocycles. The average molecular weight is 166 g/mol. The molecule has 3 N–H and O–H groups in total. The third-order valence-electron chi connectivity index (χ3n) is 1.79. The van der Waals surface area contributed by atoms with Crippen LogP contribution in [0.5, 0.6) is 0 Å². The van der Waals surface area contributed by atoms with E-state index in [-0.39, 0.29) is 5.69 Å². The second-order valence-electron chi connectivity index (χ2n) is 2.61. The van der Waals surface area contributed by atoms with Gasteiger partial charge in [0.15, 0.2) is 6.29 Å². The van der Waals surface area contributed by atoms with Gasteiger partial charge in [-0.15, -0.1) is 0 Å². The zero-order chi connectivity index (χ0) is 8.72. The standard InChI is InChI=1S/C7H6BFNO2/c9-5-1-3-4(2-6(5)10)8-12-7(3)11/h1-2,7,11H,10H2. The van der Waals surface area contributed by atoms with Crippen molar-refractivity contribution >= 4 is 18.6 Å². The van der Waals surface area contributed by atoms with Gasteiger partial charge in [0.25, 0.3) is 0 Å². The lowest BCUT2D eigenvalue weighted by Gasteiger charge is -2.04. The Labute approximate surface area is 69.2 Å². The number of aliphatic hydroxyl groups is 1. The molecule has 0 aliphatic carbocycles. The van der Waals surface area contributed by atoms with Gasteiger partial charge in [-0.2, -0.15) is 0 Å². The van der Waals surface area contributed by atoms with E-state index in [0.29, 0.717) is 11.0 Å². The van der Waals surface area contributed by atoms with Crippen LogP contribution in [-0.4, -0.2) is 12.6 Å². The lowest BCUT2D eigenvalue weighted by molar-refractivity contribution is -0.00811. The molecule has 1 aromatic rings. The number of anilines is 1. The summed E-state index contributed by atoms with van der Waals surface area (Å²) in [5, 5.41) is 9.14. The van der Waals surface area contributed by atoms with Crippen molar-refractivity contribution in [1.29, 1.82) is 0 Å². The van der Waals surface area contributed by atoms with Crippen LogP contribution in [0.2, 0.25) is 0 Å². The molecule has 0 amide bonds. The number of nitrogen functional groups attached to an aromatic ring is 1. The van der Waals surface area contributed by atoms with E-state index in [4.69, 9.17) is 15.5 Å². The van der Waals surface area contributed by atoms with E-state index in [1.165, 1.54) is 19.6 Å². The Bertz CT molecular complexity index is 331. The van der Waals surface area contributed by atoms with E-state index in [0.717, 1.165) is 0 Å². The largest absolute Gasteiger partial charge is 0.407 e. The Morgan fingerprint density at radius 1 is 1.58 bits per heavy atom. The van der Waals surface area contributed by atoms with E-state index in [1.54, 1.807) is 0 Å². The molecule has 0 fully saturated rings. The van der Waals surface area contributed by atoms with Crippen LogP contribution in [0.15, 0.2) is 12.1 Å². The van der Waals surface area contributed by atoms with Crippen molar-refractivity contribution in [3.63, 3.8) is 0 Å². The van der Waals surface area contributed by atoms with Gasteiger partial charge in [-0.3, -0.25) is 0 Å². The van der Waals surface area contributed by atoms with E-state index < -0.39 is 12.1 Å². The molecule has 61 valence electrons. The number of hydrogen-bond donors (Lipinski definition) is 2. The zero-order valence-electron chi connectivity index (χ0n) is 6.12. The number of benzene rings is 1. The highest BCUT2D eigenvalue weighted by atomic mass is 19.1. The molecule has 0 bridgehead atoms. The van der Waals surface area contributed by atoms with Crippen LogP contribution in [0.3, 0.4) is 0 Å². The zero-order valence-corrected chi connectivity index (χ0v) is 6.12. The molecule has 0 saturated carbocycles. The van der Waals surface area contributed by atoms with Crippen molar-refractivity contribution in [3.05, 3.63) is 23.5 Å². The van der Waals surface area contributed by atoms with Crippen LogP contribution in [-0.2, 0) is 4.65 Å². The Balaban J connectivity index is 2.56. The van der Waals surface area contributed by atoms with Crippen molar-refractivity contribution < 1.29 is 14.2 Å². The normalized spacial score (nSPS) is 20.3. The van der Waals surface area contributed by atoms with Gasteiger partial charge in [-0.05, 0) is 17.6 Å². The molecule has 1 radical (unpaired) electrons. The Morgan fingerprint density at radius 3 is 3.08 bits per heavy atom. The average Bonchev–Trinajstić information content (AvgIpc) is 2.35. The fourth-order valence-electron chi connectivity index (χ4n) is 1.15. The third kappa shape index (κ3) is 0.982. The first-order valence-electron chi connectivity index (χ1n) is 3.44. The first-order chi connectivity index (χ1) is 5.68. The van der Waals surface area contributed by atoms with Crippen molar-refractivity contribution in [2.75, 3.05) is 5.73 Å². The van der Waals surface area contributed by atoms with E-state index in [2.05, 4.69) is 0 Å². The molecule has 1 aliphatic heterocycles. The fraction of sp³-hybridized carbons (Fsp3) is 0.143. The number of halogens is 1. The van der Waals surface area contributed by atoms with Crippen molar-refractivity contribution in [2.45, 2.75) is 6.29 Å². The molecular formula is C7H6BFNO2. The van der Waals surface area contributed by atoms with Gasteiger partial charge in [0.05, 0.1) is 5.69 Å². The number of rotatable bonds is 0. The minimum absolute atomic E-state index is 0.0581. The molecule has 0 aromatic heterocycles. The number of aliphatic hydroxyl groups excluding tert-OH is 1. The molecule has 0 saturated heterocycles. The summed E-state index contributed by atoms with van der Waals surface area (Å²) in [4.78, 5) is 0. The van der Waals surface area contributed by atoms with Crippen LogP contribution in [0, 0.1) is 5.82 Å². The van der Waals surface area contributed by atoms with Crippen molar-refractivity contribution in [2.24, 2.45) is 0 Å². The van der Waals surface area contributed by atoms with Gasteiger partial charge in [-0.25, -0.2) is 4.39 Å². The monoisotopic (exact) mass is 166 g/mol. The number of nitrogens with two attached hydrogens (primary N) is 1. The predicted octanol–water partition coefficient (Wildman–Crippen LogP) is -0.326. The Hall–Kier alpha value is -1.07. The van der Waals surface area contributed by atoms with Crippen LogP contribution in [0.1, 0.15) is 11.9 Å². The minimum atomic E-state index is -1.06. The van der Waals surface area contributed by atoms with Crippen molar-refractivity contribution in [3.8, 4) is 0 Å². The topological polar surface area (TPSA) is 55.5 Å². The van der Waals surface area contributed by atoms with Crippen LogP contribution in [0.4, 0.5) is 10.1 Å². The maximum atomic E-state index is 12.8. The summed E-state index contributed by atoms with van der Waals surface area (Å²) in [6.07, 6.45) is -1.06. The Kier molecular flexibility index (Phi) is 1.56. The van der Waals surface area contributed by atoms with E-state index in [1.807, 2.05) is 0 Å². The molecule has 2 rings (SSSR count). The summed E-state index contributed by atoms with van der Waals surface area (Å²) in [6, 6.07) is 2.61. The predicted molar refractivity (Wildman–Crippen MR) is 42.2 cm³/mol. The summed E-state index contributed by atoms with van der Waals surface area (Å²) in [6.45, 7) is 0. The summed E-state index contributed by atoms with van der Waals surface area (Å²) in [7, 11) is 1.36. The SMILES string of the molecule is Nc1cc2c(cc1F)C(O)O[B]2. The molecule has 1 atom stereocenters. The highest BCUT2D eigenvalue weighted by Gasteiger charge is 2.23. The maximum absolute atomic E-state index is 12.8. The van der Waals surface area contributed by atoms with Gasteiger partial charge in [0.1, 0.15) is 5.82 Å². The van der Waals surface area contributed by atoms with Crippen LogP contribution < -0.4 is 11.2 Å². The summed E-state index contributed by atoms with van der Waals surface area (Å²) in [5.41, 5.74) is 6.41. The highest BCUT2D eigenvalue weighted by Crippen LogP contribution is 2.21. The molecule has 12 heavy (non-hydrogen) atoms. The van der Waals surface area contributed by atoms with Gasteiger partial charge >= 0.3 is 7.48 Å². The van der Waals surface area contributed by atoms with Crippen molar-refractivity contribution in [1.82, 2.24) is 0 Å². The minimum Gasteiger partial charge on any atom is -0.407 e. The van der Waals surface area contributed by atoms with Gasteiger partial charge in [0.2, 0.25) is 0 Å². The Morgan fingerprint density at radius 2 is 2.33 bits per heavy atom. The first kappa shape index (κ1) is 7.58. The first-order valence-corrected chi connectivity index (χ1v) is 3.44. The molecule has 1 aromatic carbocycles. The highest BCUT2D eigenvalue weighted by molar-refractivity contribution is 6.49. The summed E-state index contributed by atoms with van der Waals surface area (Å²) >= 11 is 0. The fourth-order valence-corrected chi connectivity index (χ4v) is 1.15. The van der Waals surface area contributed by atoms with Crippen LogP contribution in [0.25, 0.3) is 0 Å². The summed E-state index contributed by atoms with van der Waals surface area (Å²) in [5.74, 6) is -0.535. The molecule has 3 nitrogen and oxygen atoms in total. The molecule has 5 heteroatoms. The van der Waals surface area contributed by atoms with E-state index in [9.17, 15) is 4.39 Å². The van der Waals surface area contributed by atoms with E-state index >= 15 is 0 Å². The molecule has 1 unspecified atom stereocenters. The molecule has 1 aliphatic rings. The lowest BCUT2D eigenvalue weighted by Crippen LogP contribution is -2.13. The maximum Gasteiger partial charge on any atom is 0.334 e. The number of fused-ring (bicyclic) bond motifs is 1. The smallest absolute Gasteiger partial charge is 0.334 e. The second kappa shape index (κ2) is 2.47. The molecular weight excluding hydrogens is 160 g/mol. The lowest BCUT2D eigenvalue weighted by atomic mass is 9.87. The third-order valence-corrected chi connectivity index (χ3v) is 1.79. The molecule has 0 spiro atoms. The van der Waals surface area contributed by atoms with Crippen LogP contribution >= 0.6 is 0 Å². The number of hydrogen-bond acceptors (Lipinski definition) is 3. The summed E-state index contributed by atoms with van der Waals surface area (Å²) < 4.78 is 17.6. The van der Waals surface area contributed by atoms with Gasteiger partial charge in [0, 0.05) is 5.56 Å².